The summed E-state index contributed by atoms with van der Waals surface area (Å²) < 4.78 is 23.1. The minimum absolute atomic E-state index is 0.0306. The fourth-order valence-corrected chi connectivity index (χ4v) is 4.81. The first-order chi connectivity index (χ1) is 10.9. The second-order valence-electron chi connectivity index (χ2n) is 6.31. The molecule has 1 aliphatic carbocycles. The van der Waals surface area contributed by atoms with Gasteiger partial charge in [-0.2, -0.15) is 0 Å². The van der Waals surface area contributed by atoms with E-state index in [1.807, 2.05) is 18.2 Å². The second kappa shape index (κ2) is 5.96. The van der Waals surface area contributed by atoms with Gasteiger partial charge in [0.15, 0.2) is 9.84 Å². The first kappa shape index (κ1) is 16.0. The highest BCUT2D eigenvalue weighted by atomic mass is 32.2. The minimum atomic E-state index is -3.02. The lowest BCUT2D eigenvalue weighted by molar-refractivity contribution is -0.134. The van der Waals surface area contributed by atoms with E-state index in [4.69, 9.17) is 0 Å². The molecule has 2 aliphatic rings. The van der Waals surface area contributed by atoms with Gasteiger partial charge in [0.1, 0.15) is 0 Å². The van der Waals surface area contributed by atoms with Crippen molar-refractivity contribution in [3.05, 3.63) is 30.3 Å². The van der Waals surface area contributed by atoms with E-state index in [1.165, 1.54) is 4.90 Å². The Morgan fingerprint density at radius 1 is 1.17 bits per heavy atom. The molecule has 1 saturated carbocycles. The lowest BCUT2D eigenvalue weighted by atomic mass is 10.2. The summed E-state index contributed by atoms with van der Waals surface area (Å²) in [4.78, 5) is 26.1. The predicted molar refractivity (Wildman–Crippen MR) is 86.5 cm³/mol. The number of hydrogen-bond donors (Lipinski definition) is 1. The molecule has 3 unspecified atom stereocenters. The molecule has 0 bridgehead atoms. The number of para-hydroxylation sites is 1. The number of hydrogen-bond acceptors (Lipinski definition) is 4. The summed E-state index contributed by atoms with van der Waals surface area (Å²) in [6.45, 7) is 0. The molecule has 0 spiro atoms. The van der Waals surface area contributed by atoms with E-state index in [0.717, 1.165) is 0 Å². The highest BCUT2D eigenvalue weighted by molar-refractivity contribution is 7.91. The summed E-state index contributed by atoms with van der Waals surface area (Å²) in [6, 6.07) is 8.87. The molecule has 124 valence electrons. The normalized spacial score (nSPS) is 28.1. The van der Waals surface area contributed by atoms with Crippen LogP contribution in [0.2, 0.25) is 0 Å². The van der Waals surface area contributed by atoms with Crippen LogP contribution in [0.5, 0.6) is 0 Å². The minimum Gasteiger partial charge on any atom is -0.341 e. The Hall–Kier alpha value is -1.89. The van der Waals surface area contributed by atoms with Gasteiger partial charge in [-0.05, 0) is 25.0 Å². The van der Waals surface area contributed by atoms with Gasteiger partial charge in [0.05, 0.1) is 23.3 Å². The first-order valence-electron chi connectivity index (χ1n) is 7.70. The van der Waals surface area contributed by atoms with Crippen LogP contribution in [0.3, 0.4) is 0 Å². The third kappa shape index (κ3) is 3.55. The van der Waals surface area contributed by atoms with Crippen LogP contribution in [-0.2, 0) is 19.4 Å². The van der Waals surface area contributed by atoms with Crippen LogP contribution >= 0.6 is 0 Å². The van der Waals surface area contributed by atoms with Crippen molar-refractivity contribution in [2.24, 2.45) is 11.8 Å². The molecule has 2 fully saturated rings. The molecule has 1 aliphatic heterocycles. The zero-order chi connectivity index (χ0) is 16.6. The average Bonchev–Trinajstić information content (AvgIpc) is 3.24. The number of carbonyl (C=O) groups is 2. The van der Waals surface area contributed by atoms with Gasteiger partial charge < -0.3 is 10.2 Å². The van der Waals surface area contributed by atoms with Gasteiger partial charge >= 0.3 is 0 Å². The van der Waals surface area contributed by atoms with E-state index in [-0.39, 0.29) is 41.2 Å². The van der Waals surface area contributed by atoms with Crippen LogP contribution in [0, 0.1) is 11.8 Å². The average molecular weight is 336 g/mol. The number of anilines is 1. The Morgan fingerprint density at radius 3 is 2.48 bits per heavy atom. The number of sulfone groups is 1. The Bertz CT molecular complexity index is 717. The second-order valence-corrected chi connectivity index (χ2v) is 8.54. The van der Waals surface area contributed by atoms with Crippen LogP contribution in [0.4, 0.5) is 5.69 Å². The zero-order valence-electron chi connectivity index (χ0n) is 12.9. The van der Waals surface area contributed by atoms with Crippen molar-refractivity contribution in [3.63, 3.8) is 0 Å². The molecule has 1 N–H and O–H groups in total. The summed E-state index contributed by atoms with van der Waals surface area (Å²) in [5, 5.41) is 2.80. The van der Waals surface area contributed by atoms with Crippen LogP contribution in [0.15, 0.2) is 30.3 Å². The van der Waals surface area contributed by atoms with E-state index in [2.05, 4.69) is 5.32 Å². The first-order valence-corrected chi connectivity index (χ1v) is 9.52. The summed E-state index contributed by atoms with van der Waals surface area (Å²) in [7, 11) is -1.39. The maximum Gasteiger partial charge on any atom is 0.228 e. The number of amides is 2. The quantitative estimate of drug-likeness (QED) is 0.886. The number of nitrogens with one attached hydrogen (secondary N) is 1. The third-order valence-electron chi connectivity index (χ3n) is 4.59. The van der Waals surface area contributed by atoms with Crippen molar-refractivity contribution in [2.75, 3.05) is 23.9 Å². The van der Waals surface area contributed by atoms with E-state index in [1.54, 1.807) is 19.2 Å². The topological polar surface area (TPSA) is 83.6 Å². The van der Waals surface area contributed by atoms with Crippen molar-refractivity contribution in [2.45, 2.75) is 18.9 Å². The van der Waals surface area contributed by atoms with Crippen molar-refractivity contribution in [1.29, 1.82) is 0 Å². The Morgan fingerprint density at radius 2 is 1.87 bits per heavy atom. The number of carbonyl (C=O) groups excluding carboxylic acids is 2. The van der Waals surface area contributed by atoms with Crippen LogP contribution in [0.25, 0.3) is 0 Å². The Balaban J connectivity index is 1.55. The lowest BCUT2D eigenvalue weighted by Gasteiger charge is -2.23. The van der Waals surface area contributed by atoms with Gasteiger partial charge in [-0.1, -0.05) is 18.2 Å². The van der Waals surface area contributed by atoms with E-state index in [9.17, 15) is 18.0 Å². The number of nitrogens with zero attached hydrogens (tertiary/aromatic N) is 1. The summed E-state index contributed by atoms with van der Waals surface area (Å²) >= 11 is 0. The van der Waals surface area contributed by atoms with Crippen molar-refractivity contribution < 1.29 is 18.0 Å². The standard InChI is InChI=1S/C16H20N2O4S/c1-18(12-7-8-23(21,22)10-12)16(20)14-9-13(14)15(19)17-11-5-3-2-4-6-11/h2-6,12-14H,7-10H2,1H3,(H,17,19). The molecule has 0 radical (unpaired) electrons. The lowest BCUT2D eigenvalue weighted by Crippen LogP contribution is -2.39. The van der Waals surface area contributed by atoms with Gasteiger partial charge in [-0.3, -0.25) is 9.59 Å². The summed E-state index contributed by atoms with van der Waals surface area (Å²) in [6.07, 6.45) is 1.01. The zero-order valence-corrected chi connectivity index (χ0v) is 13.8. The third-order valence-corrected chi connectivity index (χ3v) is 6.34. The smallest absolute Gasteiger partial charge is 0.228 e. The number of benzene rings is 1. The maximum atomic E-state index is 12.4. The van der Waals surface area contributed by atoms with Gasteiger partial charge in [0.25, 0.3) is 0 Å². The van der Waals surface area contributed by atoms with Crippen molar-refractivity contribution >= 4 is 27.3 Å². The molecule has 1 aromatic rings. The Kier molecular flexibility index (Phi) is 4.14. The SMILES string of the molecule is CN(C(=O)C1CC1C(=O)Nc1ccccc1)C1CCS(=O)(=O)C1. The van der Waals surface area contributed by atoms with E-state index < -0.39 is 9.84 Å². The molecular formula is C16H20N2O4S. The fourth-order valence-electron chi connectivity index (χ4n) is 3.04. The van der Waals surface area contributed by atoms with E-state index in [0.29, 0.717) is 18.5 Å². The molecule has 7 heteroatoms. The molecule has 1 saturated heterocycles. The summed E-state index contributed by atoms with van der Waals surface area (Å²) in [5.41, 5.74) is 0.714. The molecule has 2 amide bonds. The van der Waals surface area contributed by atoms with Gasteiger partial charge in [0, 0.05) is 18.8 Å². The van der Waals surface area contributed by atoms with Crippen molar-refractivity contribution in [3.8, 4) is 0 Å². The Labute approximate surface area is 135 Å². The molecule has 3 rings (SSSR count). The highest BCUT2D eigenvalue weighted by Gasteiger charge is 2.50. The van der Waals surface area contributed by atoms with Gasteiger partial charge in [0.2, 0.25) is 11.8 Å². The molecular weight excluding hydrogens is 316 g/mol. The highest BCUT2D eigenvalue weighted by Crippen LogP contribution is 2.41. The largest absolute Gasteiger partial charge is 0.341 e. The molecule has 0 aromatic heterocycles. The molecule has 6 nitrogen and oxygen atoms in total. The van der Waals surface area contributed by atoms with Crippen molar-refractivity contribution in [1.82, 2.24) is 4.90 Å². The maximum absolute atomic E-state index is 12.4. The number of rotatable bonds is 4. The molecule has 3 atom stereocenters. The molecule has 1 aromatic carbocycles. The van der Waals surface area contributed by atoms with Gasteiger partial charge in [-0.25, -0.2) is 8.42 Å². The summed E-state index contributed by atoms with van der Waals surface area (Å²) in [5.74, 6) is -0.752. The van der Waals surface area contributed by atoms with Gasteiger partial charge in [-0.15, -0.1) is 0 Å². The van der Waals surface area contributed by atoms with Crippen LogP contribution < -0.4 is 5.32 Å². The predicted octanol–water partition coefficient (Wildman–Crippen LogP) is 0.907. The monoisotopic (exact) mass is 336 g/mol. The van der Waals surface area contributed by atoms with Crippen LogP contribution in [-0.4, -0.2) is 49.7 Å². The van der Waals surface area contributed by atoms with E-state index >= 15 is 0 Å². The van der Waals surface area contributed by atoms with Crippen LogP contribution in [0.1, 0.15) is 12.8 Å². The molecule has 23 heavy (non-hydrogen) atoms. The molecule has 1 heterocycles. The fraction of sp³-hybridized carbons (Fsp3) is 0.500.